The van der Waals surface area contributed by atoms with Gasteiger partial charge in [-0.25, -0.2) is 0 Å². The minimum absolute atomic E-state index is 0.0201. The van der Waals surface area contributed by atoms with Crippen molar-refractivity contribution in [3.05, 3.63) is 70.0 Å². The zero-order valence-corrected chi connectivity index (χ0v) is 17.7. The number of fused-ring (bicyclic) bond motifs is 1. The maximum atomic E-state index is 11.8. The van der Waals surface area contributed by atoms with Gasteiger partial charge in [0.1, 0.15) is 12.4 Å². The van der Waals surface area contributed by atoms with E-state index in [1.54, 1.807) is 24.8 Å². The molecule has 1 aliphatic rings. The summed E-state index contributed by atoms with van der Waals surface area (Å²) in [6.45, 7) is 3.12. The Morgan fingerprint density at radius 2 is 2.03 bits per heavy atom. The Hall–Kier alpha value is -2.83. The van der Waals surface area contributed by atoms with Crippen LogP contribution in [0.4, 0.5) is 5.69 Å². The molecule has 3 aromatic rings. The van der Waals surface area contributed by atoms with Crippen LogP contribution in [0.1, 0.15) is 30.9 Å². The molecule has 1 aromatic heterocycles. The second-order valence-corrected chi connectivity index (χ2v) is 8.04. The molecular weight excluding hydrogens is 380 g/mol. The number of hydrogen-bond acceptors (Lipinski definition) is 5. The molecule has 1 aliphatic heterocycles. The largest absolute Gasteiger partial charge is 0.489 e. The fourth-order valence-corrected chi connectivity index (χ4v) is 4.28. The van der Waals surface area contributed by atoms with Crippen molar-refractivity contribution in [1.82, 2.24) is 4.57 Å². The molecule has 4 rings (SSSR count). The third kappa shape index (κ3) is 3.93. The van der Waals surface area contributed by atoms with Gasteiger partial charge >= 0.3 is 0 Å². The van der Waals surface area contributed by atoms with Gasteiger partial charge in [0.25, 0.3) is 5.56 Å². The average Bonchev–Trinajstić information content (AvgIpc) is 2.74. The number of aryl methyl sites for hydroxylation is 1. The van der Waals surface area contributed by atoms with E-state index in [-0.39, 0.29) is 11.7 Å². The van der Waals surface area contributed by atoms with E-state index in [4.69, 9.17) is 19.9 Å². The Bertz CT molecular complexity index is 1120. The average molecular weight is 408 g/mol. The number of benzene rings is 2. The Kier molecular flexibility index (Phi) is 5.54. The standard InChI is InChI=1S/C24H28N2O4/c1-16-14-24(28-3,8-9-29-16)19-11-20(25)13-21(12-19)30-15-17-4-6-22-18(10-17)5-7-23(27)26(22)2/h4-7,10-13,16H,8-9,14-15,25H2,1-3H3. The van der Waals surface area contributed by atoms with Crippen molar-refractivity contribution in [2.75, 3.05) is 19.5 Å². The van der Waals surface area contributed by atoms with Crippen molar-refractivity contribution in [1.29, 1.82) is 0 Å². The number of anilines is 1. The van der Waals surface area contributed by atoms with E-state index >= 15 is 0 Å². The summed E-state index contributed by atoms with van der Waals surface area (Å²) >= 11 is 0. The van der Waals surface area contributed by atoms with Crippen molar-refractivity contribution in [3.63, 3.8) is 0 Å². The number of methoxy groups -OCH3 is 1. The highest BCUT2D eigenvalue weighted by atomic mass is 16.5. The number of aromatic nitrogens is 1. The molecule has 6 heteroatoms. The SMILES string of the molecule is COC1(c2cc(N)cc(OCc3ccc4c(ccc(=O)n4C)c3)c2)CCOC(C)C1. The highest BCUT2D eigenvalue weighted by Crippen LogP contribution is 2.40. The topological polar surface area (TPSA) is 75.7 Å². The van der Waals surface area contributed by atoms with E-state index in [9.17, 15) is 4.79 Å². The summed E-state index contributed by atoms with van der Waals surface area (Å²) in [6.07, 6.45) is 1.67. The van der Waals surface area contributed by atoms with Crippen LogP contribution in [0.15, 0.2) is 53.3 Å². The van der Waals surface area contributed by atoms with Gasteiger partial charge in [-0.2, -0.15) is 0 Å². The number of nitrogen functional groups attached to an aromatic ring is 1. The van der Waals surface area contributed by atoms with Crippen LogP contribution in [0.3, 0.4) is 0 Å². The molecule has 0 radical (unpaired) electrons. The zero-order chi connectivity index (χ0) is 21.3. The molecule has 0 spiro atoms. The zero-order valence-electron chi connectivity index (χ0n) is 17.7. The van der Waals surface area contributed by atoms with Crippen molar-refractivity contribution in [3.8, 4) is 5.75 Å². The quantitative estimate of drug-likeness (QED) is 0.651. The van der Waals surface area contributed by atoms with Crippen LogP contribution in [-0.4, -0.2) is 24.4 Å². The van der Waals surface area contributed by atoms with Crippen LogP contribution in [0.2, 0.25) is 0 Å². The molecule has 0 saturated carbocycles. The monoisotopic (exact) mass is 408 g/mol. The van der Waals surface area contributed by atoms with Crippen molar-refractivity contribution in [2.24, 2.45) is 7.05 Å². The van der Waals surface area contributed by atoms with Gasteiger partial charge in [0.05, 0.1) is 23.8 Å². The van der Waals surface area contributed by atoms with Gasteiger partial charge < -0.3 is 24.5 Å². The summed E-state index contributed by atoms with van der Waals surface area (Å²) in [5.41, 5.74) is 9.33. The molecule has 0 aliphatic carbocycles. The van der Waals surface area contributed by atoms with E-state index in [1.165, 1.54) is 0 Å². The molecule has 2 N–H and O–H groups in total. The fourth-order valence-electron chi connectivity index (χ4n) is 4.28. The van der Waals surface area contributed by atoms with Crippen LogP contribution in [-0.2, 0) is 28.7 Å². The molecular formula is C24H28N2O4. The lowest BCUT2D eigenvalue weighted by atomic mass is 9.83. The summed E-state index contributed by atoms with van der Waals surface area (Å²) < 4.78 is 19.4. The maximum absolute atomic E-state index is 11.8. The van der Waals surface area contributed by atoms with Gasteiger partial charge in [-0.1, -0.05) is 6.07 Å². The van der Waals surface area contributed by atoms with Crippen LogP contribution in [0.5, 0.6) is 5.75 Å². The summed E-state index contributed by atoms with van der Waals surface area (Å²) in [5.74, 6) is 0.709. The predicted molar refractivity (Wildman–Crippen MR) is 118 cm³/mol. The van der Waals surface area contributed by atoms with Gasteiger partial charge in [-0.3, -0.25) is 4.79 Å². The second-order valence-electron chi connectivity index (χ2n) is 8.04. The fraction of sp³-hybridized carbons (Fsp3) is 0.375. The Morgan fingerprint density at radius 3 is 2.80 bits per heavy atom. The Labute approximate surface area is 176 Å². The molecule has 158 valence electrons. The first-order chi connectivity index (χ1) is 14.4. The highest BCUT2D eigenvalue weighted by Gasteiger charge is 2.37. The molecule has 2 atom stereocenters. The minimum atomic E-state index is -0.418. The van der Waals surface area contributed by atoms with E-state index < -0.39 is 5.60 Å². The van der Waals surface area contributed by atoms with Crippen molar-refractivity contribution in [2.45, 2.75) is 38.1 Å². The molecule has 0 amide bonds. The highest BCUT2D eigenvalue weighted by molar-refractivity contribution is 5.79. The molecule has 30 heavy (non-hydrogen) atoms. The first-order valence-corrected chi connectivity index (χ1v) is 10.2. The van der Waals surface area contributed by atoms with E-state index in [2.05, 4.69) is 6.92 Å². The van der Waals surface area contributed by atoms with Crippen LogP contribution in [0, 0.1) is 0 Å². The van der Waals surface area contributed by atoms with E-state index in [0.29, 0.717) is 24.7 Å². The lowest BCUT2D eigenvalue weighted by molar-refractivity contribution is -0.122. The normalized spacial score (nSPS) is 21.6. The lowest BCUT2D eigenvalue weighted by Gasteiger charge is -2.39. The van der Waals surface area contributed by atoms with E-state index in [0.717, 1.165) is 34.9 Å². The van der Waals surface area contributed by atoms with Crippen LogP contribution < -0.4 is 16.0 Å². The summed E-state index contributed by atoms with van der Waals surface area (Å²) in [7, 11) is 3.52. The predicted octanol–water partition coefficient (Wildman–Crippen LogP) is 3.74. The number of rotatable bonds is 5. The number of nitrogens with zero attached hydrogens (tertiary/aromatic N) is 1. The van der Waals surface area contributed by atoms with Crippen LogP contribution in [0.25, 0.3) is 10.9 Å². The summed E-state index contributed by atoms with van der Waals surface area (Å²) in [5, 5.41) is 1.00. The first-order valence-electron chi connectivity index (χ1n) is 10.2. The molecule has 1 saturated heterocycles. The van der Waals surface area contributed by atoms with Gasteiger partial charge in [-0.15, -0.1) is 0 Å². The Morgan fingerprint density at radius 1 is 1.20 bits per heavy atom. The first kappa shape index (κ1) is 20.4. The molecule has 6 nitrogen and oxygen atoms in total. The second kappa shape index (κ2) is 8.13. The van der Waals surface area contributed by atoms with Gasteiger partial charge in [0.2, 0.25) is 0 Å². The third-order valence-electron chi connectivity index (χ3n) is 5.97. The molecule has 0 bridgehead atoms. The summed E-state index contributed by atoms with van der Waals surface area (Å²) in [6, 6.07) is 15.2. The van der Waals surface area contributed by atoms with Crippen LogP contribution >= 0.6 is 0 Å². The molecule has 2 heterocycles. The van der Waals surface area contributed by atoms with Gasteiger partial charge in [0.15, 0.2) is 0 Å². The van der Waals surface area contributed by atoms with Crippen molar-refractivity contribution < 1.29 is 14.2 Å². The molecule has 2 aromatic carbocycles. The molecule has 2 unspecified atom stereocenters. The number of ether oxygens (including phenoxy) is 3. The third-order valence-corrected chi connectivity index (χ3v) is 5.97. The summed E-state index contributed by atoms with van der Waals surface area (Å²) in [4.78, 5) is 11.8. The van der Waals surface area contributed by atoms with Crippen molar-refractivity contribution >= 4 is 16.6 Å². The maximum Gasteiger partial charge on any atom is 0.250 e. The lowest BCUT2D eigenvalue weighted by Crippen LogP contribution is -2.39. The number of pyridine rings is 1. The van der Waals surface area contributed by atoms with Gasteiger partial charge in [-0.05, 0) is 53.8 Å². The Balaban J connectivity index is 1.57. The smallest absolute Gasteiger partial charge is 0.250 e. The van der Waals surface area contributed by atoms with Gasteiger partial charge in [0, 0.05) is 44.8 Å². The molecule has 1 fully saturated rings. The number of nitrogens with two attached hydrogens (primary N) is 1. The number of hydrogen-bond donors (Lipinski definition) is 1. The van der Waals surface area contributed by atoms with E-state index in [1.807, 2.05) is 42.5 Å². The minimum Gasteiger partial charge on any atom is -0.489 e.